The lowest BCUT2D eigenvalue weighted by Gasteiger charge is -2.42. The van der Waals surface area contributed by atoms with Gasteiger partial charge in [-0.05, 0) is 19.8 Å². The van der Waals surface area contributed by atoms with Crippen LogP contribution in [-0.2, 0) is 11.3 Å². The van der Waals surface area contributed by atoms with Crippen LogP contribution in [0.4, 0.5) is 4.79 Å². The maximum atomic E-state index is 11.8. The Kier molecular flexibility index (Phi) is 3.81. The number of benzene rings is 1. The van der Waals surface area contributed by atoms with Gasteiger partial charge in [-0.3, -0.25) is 4.79 Å². The van der Waals surface area contributed by atoms with E-state index in [4.69, 9.17) is 0 Å². The molecule has 0 aliphatic carbocycles. The molecule has 20 heavy (non-hydrogen) atoms. The topological polar surface area (TPSA) is 74.6 Å². The van der Waals surface area contributed by atoms with E-state index >= 15 is 0 Å². The van der Waals surface area contributed by atoms with E-state index in [0.29, 0.717) is 25.9 Å². The van der Waals surface area contributed by atoms with Gasteiger partial charge in [0.2, 0.25) is 0 Å². The normalized spacial score (nSPS) is 29.9. The minimum Gasteiger partial charge on any atom is -0.481 e. The van der Waals surface area contributed by atoms with Gasteiger partial charge in [0.1, 0.15) is 18.5 Å². The monoisotopic (exact) mass is 278 g/mol. The van der Waals surface area contributed by atoms with Gasteiger partial charge < -0.3 is 10.2 Å². The first-order chi connectivity index (χ1) is 9.38. The summed E-state index contributed by atoms with van der Waals surface area (Å²) >= 11 is 0. The van der Waals surface area contributed by atoms with E-state index < -0.39 is 17.5 Å². The Morgan fingerprint density at radius 2 is 1.90 bits per heavy atom. The first-order valence-corrected chi connectivity index (χ1v) is 6.75. The molecule has 1 aromatic rings. The van der Waals surface area contributed by atoms with Gasteiger partial charge in [-0.1, -0.05) is 30.3 Å². The quantitative estimate of drug-likeness (QED) is 0.833. The van der Waals surface area contributed by atoms with E-state index in [1.54, 1.807) is 6.92 Å². The van der Waals surface area contributed by atoms with E-state index in [9.17, 15) is 19.8 Å². The Morgan fingerprint density at radius 1 is 1.25 bits per heavy atom. The van der Waals surface area contributed by atoms with Crippen molar-refractivity contribution in [2.24, 2.45) is 5.41 Å². The summed E-state index contributed by atoms with van der Waals surface area (Å²) in [5.41, 5.74) is -0.0460. The highest BCUT2D eigenvalue weighted by Crippen LogP contribution is 2.35. The van der Waals surface area contributed by atoms with Crippen LogP contribution in [0.5, 0.6) is 0 Å². The molecule has 1 aliphatic rings. The number of carboxylic acid groups (broad SMARTS) is 2. The van der Waals surface area contributed by atoms with Gasteiger partial charge in [0.15, 0.2) is 0 Å². The highest BCUT2D eigenvalue weighted by molar-refractivity contribution is 5.74. The third-order valence-electron chi connectivity index (χ3n) is 4.22. The lowest BCUT2D eigenvalue weighted by atomic mass is 9.80. The van der Waals surface area contributed by atoms with Crippen LogP contribution < -0.4 is 0 Å². The molecule has 1 saturated heterocycles. The molecule has 1 aromatic carbocycles. The molecule has 1 aliphatic heterocycles. The van der Waals surface area contributed by atoms with Crippen LogP contribution in [0.1, 0.15) is 25.3 Å². The molecule has 0 spiro atoms. The summed E-state index contributed by atoms with van der Waals surface area (Å²) in [7, 11) is 0. The zero-order valence-corrected chi connectivity index (χ0v) is 11.6. The fourth-order valence-corrected chi connectivity index (χ4v) is 3.07. The Labute approximate surface area is 118 Å². The van der Waals surface area contributed by atoms with E-state index in [0.717, 1.165) is 5.56 Å². The predicted octanol–water partition coefficient (Wildman–Crippen LogP) is 2.57. The fraction of sp³-hybridized carbons (Fsp3) is 0.467. The average Bonchev–Trinajstić information content (AvgIpc) is 2.39. The first-order valence-electron chi connectivity index (χ1n) is 6.75. The molecule has 0 saturated carbocycles. The van der Waals surface area contributed by atoms with Crippen molar-refractivity contribution < 1.29 is 24.3 Å². The lowest BCUT2D eigenvalue weighted by molar-refractivity contribution is -0.881. The van der Waals surface area contributed by atoms with Crippen LogP contribution in [0.3, 0.4) is 0 Å². The molecule has 0 radical (unpaired) electrons. The maximum Gasteiger partial charge on any atom is 0.513 e. The van der Waals surface area contributed by atoms with Crippen molar-refractivity contribution >= 4 is 12.1 Å². The smallest absolute Gasteiger partial charge is 0.481 e. The van der Waals surface area contributed by atoms with Crippen LogP contribution in [0.25, 0.3) is 0 Å². The molecule has 0 bridgehead atoms. The third kappa shape index (κ3) is 2.67. The summed E-state index contributed by atoms with van der Waals surface area (Å²) in [6.07, 6.45) is 0.202. The highest BCUT2D eigenvalue weighted by atomic mass is 16.4. The molecule has 2 N–H and O–H groups in total. The van der Waals surface area contributed by atoms with Crippen LogP contribution in [0, 0.1) is 5.41 Å². The molecule has 5 heteroatoms. The number of carbonyl (C=O) groups is 2. The summed E-state index contributed by atoms with van der Waals surface area (Å²) in [4.78, 5) is 23.2. The summed E-state index contributed by atoms with van der Waals surface area (Å²) in [6, 6.07) is 9.39. The van der Waals surface area contributed by atoms with Gasteiger partial charge in [0.05, 0.1) is 6.54 Å². The Bertz CT molecular complexity index is 516. The third-order valence-corrected chi connectivity index (χ3v) is 4.22. The number of carboxylic acids is 1. The van der Waals surface area contributed by atoms with E-state index in [1.807, 2.05) is 30.3 Å². The zero-order chi connectivity index (χ0) is 14.8. The molecule has 108 valence electrons. The van der Waals surface area contributed by atoms with Crippen LogP contribution in [0.15, 0.2) is 30.3 Å². The molecule has 2 atom stereocenters. The summed E-state index contributed by atoms with van der Waals surface area (Å²) in [5, 5.41) is 19.0. The molecule has 0 aromatic heterocycles. The largest absolute Gasteiger partial charge is 0.513 e. The van der Waals surface area contributed by atoms with Crippen LogP contribution in [-0.4, -0.2) is 39.8 Å². The molecule has 1 fully saturated rings. The van der Waals surface area contributed by atoms with Crippen molar-refractivity contribution in [1.82, 2.24) is 0 Å². The second-order valence-electron chi connectivity index (χ2n) is 5.92. The predicted molar refractivity (Wildman–Crippen MR) is 73.1 cm³/mol. The molecule has 1 heterocycles. The minimum absolute atomic E-state index is 0.132. The van der Waals surface area contributed by atoms with E-state index in [2.05, 4.69) is 0 Å². The van der Waals surface area contributed by atoms with Crippen LogP contribution in [0.2, 0.25) is 0 Å². The number of rotatable bonds is 3. The zero-order valence-electron chi connectivity index (χ0n) is 11.6. The SMILES string of the molecule is C[C@@]1(C(=O)O)CCC[N+](Cc2ccccc2)(C(=O)O)C1. The number of amides is 1. The Balaban J connectivity index is 2.31. The second-order valence-corrected chi connectivity index (χ2v) is 5.92. The van der Waals surface area contributed by atoms with Gasteiger partial charge in [-0.2, -0.15) is 4.79 Å². The van der Waals surface area contributed by atoms with Gasteiger partial charge in [0.25, 0.3) is 0 Å². The van der Waals surface area contributed by atoms with Gasteiger partial charge in [-0.25, -0.2) is 4.48 Å². The highest BCUT2D eigenvalue weighted by Gasteiger charge is 2.51. The number of likely N-dealkylation sites (tertiary alicyclic amines) is 1. The lowest BCUT2D eigenvalue weighted by Crippen LogP contribution is -2.61. The minimum atomic E-state index is -0.967. The molecular formula is C15H20NO4+. The van der Waals surface area contributed by atoms with Crippen molar-refractivity contribution in [2.75, 3.05) is 13.1 Å². The molecule has 2 rings (SSSR count). The molecular weight excluding hydrogens is 258 g/mol. The van der Waals surface area contributed by atoms with Crippen molar-refractivity contribution in [1.29, 1.82) is 0 Å². The number of hydrogen-bond donors (Lipinski definition) is 2. The van der Waals surface area contributed by atoms with Crippen molar-refractivity contribution in [3.05, 3.63) is 35.9 Å². The van der Waals surface area contributed by atoms with Crippen molar-refractivity contribution in [2.45, 2.75) is 26.3 Å². The number of hydrogen-bond acceptors (Lipinski definition) is 2. The molecule has 1 amide bonds. The fourth-order valence-electron chi connectivity index (χ4n) is 3.07. The summed E-state index contributed by atoms with van der Waals surface area (Å²) < 4.78 is -0.202. The second kappa shape index (κ2) is 5.25. The van der Waals surface area contributed by atoms with E-state index in [-0.39, 0.29) is 11.0 Å². The molecule has 5 nitrogen and oxygen atoms in total. The van der Waals surface area contributed by atoms with Crippen molar-refractivity contribution in [3.63, 3.8) is 0 Å². The van der Waals surface area contributed by atoms with Crippen molar-refractivity contribution in [3.8, 4) is 0 Å². The number of aliphatic carboxylic acids is 1. The Hall–Kier alpha value is -1.88. The van der Waals surface area contributed by atoms with Gasteiger partial charge in [0, 0.05) is 5.56 Å². The van der Waals surface area contributed by atoms with Gasteiger partial charge in [-0.15, -0.1) is 0 Å². The maximum absolute atomic E-state index is 11.8. The molecule has 1 unspecified atom stereocenters. The number of quaternary nitrogens is 1. The number of piperidine rings is 1. The van der Waals surface area contributed by atoms with Crippen LogP contribution >= 0.6 is 0 Å². The standard InChI is InChI=1S/C15H19NO4/c1-15(13(17)18)8-5-9-16(11-15,14(19)20)10-12-6-3-2-4-7-12/h2-4,6-7H,5,8-11H2,1H3,(H-,17,18,19,20)/p+1/t15-,16?/m1/s1. The summed E-state index contributed by atoms with van der Waals surface area (Å²) in [5.74, 6) is -0.908. The van der Waals surface area contributed by atoms with Gasteiger partial charge >= 0.3 is 12.1 Å². The summed E-state index contributed by atoms with van der Waals surface area (Å²) in [6.45, 7) is 2.59. The average molecular weight is 278 g/mol. The Morgan fingerprint density at radius 3 is 2.45 bits per heavy atom. The first kappa shape index (κ1) is 14.5. The van der Waals surface area contributed by atoms with E-state index in [1.165, 1.54) is 0 Å². The number of nitrogens with zero attached hydrogens (tertiary/aromatic N) is 1.